The summed E-state index contributed by atoms with van der Waals surface area (Å²) >= 11 is 0. The van der Waals surface area contributed by atoms with E-state index in [1.54, 1.807) is 24.3 Å². The van der Waals surface area contributed by atoms with Crippen LogP contribution in [0.2, 0.25) is 0 Å². The molecule has 0 saturated carbocycles. The molecule has 0 unspecified atom stereocenters. The van der Waals surface area contributed by atoms with E-state index in [-0.39, 0.29) is 24.9 Å². The van der Waals surface area contributed by atoms with Crippen LogP contribution in [0.15, 0.2) is 34.3 Å². The number of nitrogens with one attached hydrogen (secondary N) is 2. The van der Waals surface area contributed by atoms with Crippen LogP contribution in [0.5, 0.6) is 0 Å². The predicted molar refractivity (Wildman–Crippen MR) is 82.8 cm³/mol. The molecular formula is C12H17N7O3. The zero-order chi connectivity index (χ0) is 16.5. The number of amides is 2. The first-order valence-electron chi connectivity index (χ1n) is 6.17. The Labute approximate surface area is 126 Å². The van der Waals surface area contributed by atoms with Gasteiger partial charge in [-0.2, -0.15) is 4.99 Å². The van der Waals surface area contributed by atoms with Crippen LogP contribution in [0.4, 0.5) is 16.2 Å². The molecule has 1 aromatic carbocycles. The number of benzene rings is 1. The fraction of sp³-hybridized carbons (Fsp3) is 0.167. The fourth-order valence-electron chi connectivity index (χ4n) is 1.37. The number of guanidine groups is 2. The zero-order valence-corrected chi connectivity index (χ0v) is 11.6. The number of carboxylic acids is 1. The van der Waals surface area contributed by atoms with E-state index < -0.39 is 12.0 Å². The molecule has 0 aromatic heterocycles. The Hall–Kier alpha value is -3.30. The Kier molecular flexibility index (Phi) is 6.16. The van der Waals surface area contributed by atoms with Crippen LogP contribution in [0.25, 0.3) is 0 Å². The highest BCUT2D eigenvalue weighted by Crippen LogP contribution is 2.16. The van der Waals surface area contributed by atoms with Crippen molar-refractivity contribution in [1.29, 1.82) is 0 Å². The van der Waals surface area contributed by atoms with Crippen molar-refractivity contribution in [2.24, 2.45) is 27.2 Å². The summed E-state index contributed by atoms with van der Waals surface area (Å²) in [7, 11) is 0. The van der Waals surface area contributed by atoms with Crippen molar-refractivity contribution in [3.05, 3.63) is 24.3 Å². The van der Waals surface area contributed by atoms with Gasteiger partial charge in [-0.25, -0.2) is 9.79 Å². The van der Waals surface area contributed by atoms with E-state index in [0.29, 0.717) is 11.4 Å². The third-order valence-electron chi connectivity index (χ3n) is 2.24. The van der Waals surface area contributed by atoms with Crippen LogP contribution < -0.4 is 27.8 Å². The maximum Gasteiger partial charge on any atom is 0.319 e. The first-order chi connectivity index (χ1) is 10.4. The average Bonchev–Trinajstić information content (AvgIpc) is 2.39. The molecule has 9 N–H and O–H groups in total. The molecule has 118 valence electrons. The molecule has 10 heteroatoms. The van der Waals surface area contributed by atoms with Gasteiger partial charge in [0, 0.05) is 12.2 Å². The summed E-state index contributed by atoms with van der Waals surface area (Å²) in [6.45, 7) is 0.0403. The predicted octanol–water partition coefficient (Wildman–Crippen LogP) is -0.498. The van der Waals surface area contributed by atoms with Gasteiger partial charge in [0.25, 0.3) is 0 Å². The number of rotatable bonds is 5. The summed E-state index contributed by atoms with van der Waals surface area (Å²) in [5.41, 5.74) is 16.8. The van der Waals surface area contributed by atoms with E-state index in [9.17, 15) is 9.59 Å². The summed E-state index contributed by atoms with van der Waals surface area (Å²) in [4.78, 5) is 29.3. The number of carbonyl (C=O) groups excluding carboxylic acids is 1. The van der Waals surface area contributed by atoms with Crippen molar-refractivity contribution in [1.82, 2.24) is 5.32 Å². The van der Waals surface area contributed by atoms with E-state index in [0.717, 1.165) is 0 Å². The number of nitrogens with zero attached hydrogens (tertiary/aromatic N) is 2. The van der Waals surface area contributed by atoms with Gasteiger partial charge < -0.3 is 32.9 Å². The number of carbonyl (C=O) groups is 2. The second kappa shape index (κ2) is 8.09. The van der Waals surface area contributed by atoms with Crippen molar-refractivity contribution < 1.29 is 14.7 Å². The molecule has 0 heterocycles. The number of hydrogen-bond acceptors (Lipinski definition) is 3. The lowest BCUT2D eigenvalue weighted by atomic mass is 10.3. The van der Waals surface area contributed by atoms with Crippen molar-refractivity contribution >= 4 is 35.3 Å². The highest BCUT2D eigenvalue weighted by molar-refractivity contribution is 5.93. The Morgan fingerprint density at radius 2 is 1.77 bits per heavy atom. The third kappa shape index (κ3) is 6.75. The molecule has 0 saturated heterocycles. The van der Waals surface area contributed by atoms with Crippen molar-refractivity contribution in [3.8, 4) is 0 Å². The molecule has 2 amide bonds. The second-order valence-corrected chi connectivity index (χ2v) is 4.08. The molecule has 22 heavy (non-hydrogen) atoms. The molecule has 0 bridgehead atoms. The molecule has 0 aliphatic carbocycles. The summed E-state index contributed by atoms with van der Waals surface area (Å²) in [5.74, 6) is -1.27. The van der Waals surface area contributed by atoms with Gasteiger partial charge in [-0.05, 0) is 24.3 Å². The Morgan fingerprint density at radius 3 is 2.32 bits per heavy atom. The minimum atomic E-state index is -0.985. The summed E-state index contributed by atoms with van der Waals surface area (Å²) in [6.07, 6.45) is -0.148. The van der Waals surface area contributed by atoms with Crippen LogP contribution in [0.1, 0.15) is 6.42 Å². The zero-order valence-electron chi connectivity index (χ0n) is 11.6. The van der Waals surface area contributed by atoms with Gasteiger partial charge in [-0.15, -0.1) is 0 Å². The normalized spacial score (nSPS) is 10.6. The van der Waals surface area contributed by atoms with E-state index in [2.05, 4.69) is 20.6 Å². The highest BCUT2D eigenvalue weighted by Gasteiger charge is 2.03. The molecule has 0 aliphatic rings. The number of carboxylic acid groups (broad SMARTS) is 1. The Morgan fingerprint density at radius 1 is 1.14 bits per heavy atom. The minimum Gasteiger partial charge on any atom is -0.481 e. The van der Waals surface area contributed by atoms with Gasteiger partial charge in [0.15, 0.2) is 5.96 Å². The maximum atomic E-state index is 11.5. The number of anilines is 1. The number of aliphatic carboxylic acids is 1. The van der Waals surface area contributed by atoms with Gasteiger partial charge in [-0.3, -0.25) is 4.79 Å². The summed E-state index contributed by atoms with van der Waals surface area (Å²) in [6, 6.07) is 5.89. The number of hydrogen-bond donors (Lipinski definition) is 6. The largest absolute Gasteiger partial charge is 0.481 e. The van der Waals surface area contributed by atoms with Gasteiger partial charge in [-0.1, -0.05) is 0 Å². The first-order valence-corrected chi connectivity index (χ1v) is 6.17. The summed E-state index contributed by atoms with van der Waals surface area (Å²) < 4.78 is 0. The van der Waals surface area contributed by atoms with Crippen LogP contribution in [-0.2, 0) is 4.79 Å². The topological polar surface area (TPSA) is 181 Å². The number of nitrogens with two attached hydrogens (primary N) is 3. The molecule has 0 radical (unpaired) electrons. The Balaban J connectivity index is 2.56. The third-order valence-corrected chi connectivity index (χ3v) is 2.24. The van der Waals surface area contributed by atoms with E-state index in [1.807, 2.05) is 0 Å². The lowest BCUT2D eigenvalue weighted by molar-refractivity contribution is -0.136. The molecular weight excluding hydrogens is 290 g/mol. The molecule has 0 spiro atoms. The quantitative estimate of drug-likeness (QED) is 0.315. The maximum absolute atomic E-state index is 11.5. The van der Waals surface area contributed by atoms with Crippen LogP contribution >= 0.6 is 0 Å². The highest BCUT2D eigenvalue weighted by atomic mass is 16.4. The van der Waals surface area contributed by atoms with E-state index >= 15 is 0 Å². The van der Waals surface area contributed by atoms with Gasteiger partial charge in [0.2, 0.25) is 5.96 Å². The van der Waals surface area contributed by atoms with Gasteiger partial charge >= 0.3 is 12.0 Å². The van der Waals surface area contributed by atoms with Gasteiger partial charge in [0.05, 0.1) is 12.1 Å². The van der Waals surface area contributed by atoms with E-state index in [1.165, 1.54) is 0 Å². The Bertz CT molecular complexity index is 591. The van der Waals surface area contributed by atoms with Gasteiger partial charge in [0.1, 0.15) is 0 Å². The molecule has 0 fully saturated rings. The van der Waals surface area contributed by atoms with Crippen molar-refractivity contribution in [3.63, 3.8) is 0 Å². The molecule has 1 aromatic rings. The van der Waals surface area contributed by atoms with Crippen LogP contribution in [-0.4, -0.2) is 35.6 Å². The molecule has 1 rings (SSSR count). The van der Waals surface area contributed by atoms with Crippen molar-refractivity contribution in [2.75, 3.05) is 11.9 Å². The second-order valence-electron chi connectivity index (χ2n) is 4.08. The minimum absolute atomic E-state index is 0.0403. The van der Waals surface area contributed by atoms with E-state index in [4.69, 9.17) is 22.3 Å². The monoisotopic (exact) mass is 307 g/mol. The SMILES string of the molecule is NC(N)=NC(N)=Nc1ccc(NC(=O)NCCC(=O)O)cc1. The number of aliphatic imine (C=N–C) groups is 2. The smallest absolute Gasteiger partial charge is 0.319 e. The fourth-order valence-corrected chi connectivity index (χ4v) is 1.37. The molecule has 0 atom stereocenters. The molecule has 0 aliphatic heterocycles. The molecule has 10 nitrogen and oxygen atoms in total. The van der Waals surface area contributed by atoms with Crippen molar-refractivity contribution in [2.45, 2.75) is 6.42 Å². The first kappa shape index (κ1) is 16.8. The van der Waals surface area contributed by atoms with Crippen LogP contribution in [0.3, 0.4) is 0 Å². The lowest BCUT2D eigenvalue weighted by Gasteiger charge is -2.06. The summed E-state index contributed by atoms with van der Waals surface area (Å²) in [5, 5.41) is 13.4. The average molecular weight is 307 g/mol. The number of urea groups is 1. The lowest BCUT2D eigenvalue weighted by Crippen LogP contribution is -2.30. The van der Waals surface area contributed by atoms with Crippen LogP contribution in [0, 0.1) is 0 Å². The standard InChI is InChI=1S/C12H17N7O3/c13-10(14)19-11(15)17-7-1-3-8(4-2-7)18-12(22)16-6-5-9(20)21/h1-4H,5-6H2,(H,20,21)(H2,16,18,22)(H6,13,14,15,17,19).